The van der Waals surface area contributed by atoms with Crippen LogP contribution in [0.25, 0.3) is 0 Å². The minimum absolute atomic E-state index is 0. The number of halogens is 1. The minimum atomic E-state index is 0. The van der Waals surface area contributed by atoms with Gasteiger partial charge in [0.1, 0.15) is 5.75 Å². The zero-order valence-corrected chi connectivity index (χ0v) is 13.4. The van der Waals surface area contributed by atoms with Gasteiger partial charge < -0.3 is 10.1 Å². The second-order valence-corrected chi connectivity index (χ2v) is 5.38. The van der Waals surface area contributed by atoms with Crippen LogP contribution >= 0.6 is 12.4 Å². The fourth-order valence-electron chi connectivity index (χ4n) is 2.54. The minimum Gasteiger partial charge on any atom is -0.438 e. The molecule has 3 rings (SSSR count). The molecule has 5 nitrogen and oxygen atoms in total. The summed E-state index contributed by atoms with van der Waals surface area (Å²) >= 11 is 0. The van der Waals surface area contributed by atoms with Crippen molar-refractivity contribution in [1.82, 2.24) is 20.2 Å². The van der Waals surface area contributed by atoms with Crippen LogP contribution in [-0.4, -0.2) is 40.5 Å². The van der Waals surface area contributed by atoms with Gasteiger partial charge in [-0.15, -0.1) is 12.4 Å². The molecule has 1 aromatic heterocycles. The average molecular weight is 321 g/mol. The summed E-state index contributed by atoms with van der Waals surface area (Å²) in [5.74, 6) is 1.30. The van der Waals surface area contributed by atoms with Gasteiger partial charge in [-0.1, -0.05) is 12.1 Å². The fourth-order valence-corrected chi connectivity index (χ4v) is 2.54. The molecule has 2 heterocycles. The van der Waals surface area contributed by atoms with Crippen molar-refractivity contribution in [2.24, 2.45) is 0 Å². The van der Waals surface area contributed by atoms with E-state index in [9.17, 15) is 0 Å². The van der Waals surface area contributed by atoms with E-state index in [4.69, 9.17) is 4.74 Å². The number of piperazine rings is 1. The molecule has 1 saturated heterocycles. The third kappa shape index (κ3) is 4.66. The lowest BCUT2D eigenvalue weighted by Crippen LogP contribution is -2.48. The highest BCUT2D eigenvalue weighted by Crippen LogP contribution is 2.19. The molecule has 2 aromatic rings. The number of rotatable bonds is 4. The number of benzene rings is 1. The maximum absolute atomic E-state index is 5.64. The third-order valence-electron chi connectivity index (χ3n) is 3.54. The van der Waals surface area contributed by atoms with E-state index < -0.39 is 0 Å². The summed E-state index contributed by atoms with van der Waals surface area (Å²) < 4.78 is 5.64. The molecule has 0 spiro atoms. The monoisotopic (exact) mass is 320 g/mol. The summed E-state index contributed by atoms with van der Waals surface area (Å²) in [7, 11) is 0. The topological polar surface area (TPSA) is 50.3 Å². The third-order valence-corrected chi connectivity index (χ3v) is 3.54. The number of hydrogen-bond donors (Lipinski definition) is 1. The van der Waals surface area contributed by atoms with Crippen molar-refractivity contribution in [2.75, 3.05) is 19.6 Å². The van der Waals surface area contributed by atoms with Crippen LogP contribution in [0.5, 0.6) is 11.6 Å². The summed E-state index contributed by atoms with van der Waals surface area (Å²) in [5.41, 5.74) is 1.30. The second kappa shape index (κ2) is 8.08. The molecule has 6 heteroatoms. The highest BCUT2D eigenvalue weighted by atomic mass is 35.5. The molecule has 0 radical (unpaired) electrons. The first kappa shape index (κ1) is 16.7. The van der Waals surface area contributed by atoms with Gasteiger partial charge >= 0.3 is 0 Å². The van der Waals surface area contributed by atoms with Gasteiger partial charge in [-0.3, -0.25) is 9.88 Å². The van der Waals surface area contributed by atoms with Crippen LogP contribution in [0.1, 0.15) is 12.5 Å². The fraction of sp³-hybridized carbons (Fsp3) is 0.375. The van der Waals surface area contributed by atoms with Crippen LogP contribution in [0.3, 0.4) is 0 Å². The van der Waals surface area contributed by atoms with Gasteiger partial charge in [0.05, 0.1) is 6.20 Å². The van der Waals surface area contributed by atoms with Crippen molar-refractivity contribution in [3.05, 3.63) is 48.4 Å². The Morgan fingerprint density at radius 2 is 2.09 bits per heavy atom. The lowest BCUT2D eigenvalue weighted by Gasteiger charge is -2.31. The molecule has 0 unspecified atom stereocenters. The van der Waals surface area contributed by atoms with Gasteiger partial charge in [0.15, 0.2) is 0 Å². The summed E-state index contributed by atoms with van der Waals surface area (Å²) in [6, 6.07) is 8.75. The van der Waals surface area contributed by atoms with E-state index in [1.165, 1.54) is 5.56 Å². The Kier molecular flexibility index (Phi) is 6.12. The maximum atomic E-state index is 5.64. The van der Waals surface area contributed by atoms with E-state index in [-0.39, 0.29) is 12.4 Å². The molecular formula is C16H21ClN4O. The van der Waals surface area contributed by atoms with E-state index in [0.29, 0.717) is 11.9 Å². The van der Waals surface area contributed by atoms with Crippen LogP contribution < -0.4 is 10.1 Å². The van der Waals surface area contributed by atoms with Crippen molar-refractivity contribution in [1.29, 1.82) is 0 Å². The first-order valence-corrected chi connectivity index (χ1v) is 7.28. The molecule has 1 N–H and O–H groups in total. The SMILES string of the molecule is C[C@@H]1CN(Cc2ccc(Oc3cnccn3)cc2)CCN1.Cl. The van der Waals surface area contributed by atoms with Gasteiger partial charge in [-0.25, -0.2) is 4.98 Å². The van der Waals surface area contributed by atoms with Crippen molar-refractivity contribution in [3.8, 4) is 11.6 Å². The van der Waals surface area contributed by atoms with Gasteiger partial charge in [0.2, 0.25) is 5.88 Å². The highest BCUT2D eigenvalue weighted by Gasteiger charge is 2.15. The molecule has 0 aliphatic carbocycles. The number of nitrogens with one attached hydrogen (secondary N) is 1. The predicted molar refractivity (Wildman–Crippen MR) is 88.5 cm³/mol. The smallest absolute Gasteiger partial charge is 0.237 e. The molecule has 0 saturated carbocycles. The van der Waals surface area contributed by atoms with Crippen LogP contribution in [0, 0.1) is 0 Å². The molecule has 1 aliphatic heterocycles. The molecule has 22 heavy (non-hydrogen) atoms. The van der Waals surface area contributed by atoms with E-state index in [1.807, 2.05) is 12.1 Å². The molecule has 1 aliphatic rings. The Bertz CT molecular complexity index is 564. The van der Waals surface area contributed by atoms with Crippen LogP contribution in [-0.2, 0) is 6.54 Å². The van der Waals surface area contributed by atoms with Crippen molar-refractivity contribution >= 4 is 12.4 Å². The molecule has 1 atom stereocenters. The van der Waals surface area contributed by atoms with E-state index in [1.54, 1.807) is 18.6 Å². The summed E-state index contributed by atoms with van der Waals surface area (Å²) in [5, 5.41) is 3.46. The van der Waals surface area contributed by atoms with Gasteiger partial charge in [-0.05, 0) is 24.6 Å². The largest absolute Gasteiger partial charge is 0.438 e. The van der Waals surface area contributed by atoms with E-state index in [2.05, 4.69) is 39.2 Å². The maximum Gasteiger partial charge on any atom is 0.237 e. The molecule has 0 bridgehead atoms. The van der Waals surface area contributed by atoms with Gasteiger partial charge in [0.25, 0.3) is 0 Å². The van der Waals surface area contributed by atoms with Gasteiger partial charge in [0, 0.05) is 44.6 Å². The Hall–Kier alpha value is -1.69. The van der Waals surface area contributed by atoms with Gasteiger partial charge in [-0.2, -0.15) is 0 Å². The molecule has 0 amide bonds. The zero-order chi connectivity index (χ0) is 14.5. The van der Waals surface area contributed by atoms with E-state index >= 15 is 0 Å². The number of aromatic nitrogens is 2. The van der Waals surface area contributed by atoms with Crippen LogP contribution in [0.4, 0.5) is 0 Å². The van der Waals surface area contributed by atoms with Crippen molar-refractivity contribution in [2.45, 2.75) is 19.5 Å². The Morgan fingerprint density at radius 1 is 1.27 bits per heavy atom. The molecule has 1 fully saturated rings. The molecule has 1 aromatic carbocycles. The number of nitrogens with zero attached hydrogens (tertiary/aromatic N) is 3. The summed E-state index contributed by atoms with van der Waals surface area (Å²) in [6.07, 6.45) is 4.86. The summed E-state index contributed by atoms with van der Waals surface area (Å²) in [6.45, 7) is 6.47. The molecular weight excluding hydrogens is 300 g/mol. The first-order chi connectivity index (χ1) is 10.3. The van der Waals surface area contributed by atoms with Crippen LogP contribution in [0.2, 0.25) is 0 Å². The Balaban J connectivity index is 0.00000176. The van der Waals surface area contributed by atoms with Crippen molar-refractivity contribution < 1.29 is 4.74 Å². The zero-order valence-electron chi connectivity index (χ0n) is 12.6. The van der Waals surface area contributed by atoms with Crippen LogP contribution in [0.15, 0.2) is 42.9 Å². The number of ether oxygens (including phenoxy) is 1. The quantitative estimate of drug-likeness (QED) is 0.938. The standard InChI is InChI=1S/C16H20N4O.ClH/c1-13-11-20(9-8-18-13)12-14-2-4-15(5-3-14)21-16-10-17-6-7-19-16;/h2-7,10,13,18H,8-9,11-12H2,1H3;1H/t13-;/m1./s1. The van der Waals surface area contributed by atoms with Crippen molar-refractivity contribution in [3.63, 3.8) is 0 Å². The highest BCUT2D eigenvalue weighted by molar-refractivity contribution is 5.85. The Morgan fingerprint density at radius 3 is 2.77 bits per heavy atom. The normalized spacial score (nSPS) is 18.5. The number of hydrogen-bond acceptors (Lipinski definition) is 5. The Labute approximate surface area is 137 Å². The average Bonchev–Trinajstić information content (AvgIpc) is 2.50. The second-order valence-electron chi connectivity index (χ2n) is 5.38. The first-order valence-electron chi connectivity index (χ1n) is 7.28. The predicted octanol–water partition coefficient (Wildman–Crippen LogP) is 2.48. The molecule has 118 valence electrons. The lowest BCUT2D eigenvalue weighted by molar-refractivity contribution is 0.199. The lowest BCUT2D eigenvalue weighted by atomic mass is 10.1. The summed E-state index contributed by atoms with van der Waals surface area (Å²) in [4.78, 5) is 10.6. The van der Waals surface area contributed by atoms with E-state index in [0.717, 1.165) is 31.9 Å².